The monoisotopic (exact) mass is 538 g/mol. The molecular formula is C23H20N7O5S2+. The molecule has 1 fully saturated rings. The van der Waals surface area contributed by atoms with Crippen LogP contribution in [0.2, 0.25) is 0 Å². The second kappa shape index (κ2) is 9.96. The molecule has 4 N–H and O–H groups in total. The van der Waals surface area contributed by atoms with Gasteiger partial charge in [0.25, 0.3) is 17.5 Å². The van der Waals surface area contributed by atoms with Gasteiger partial charge in [-0.1, -0.05) is 17.1 Å². The van der Waals surface area contributed by atoms with Crippen molar-refractivity contribution in [1.29, 1.82) is 0 Å². The van der Waals surface area contributed by atoms with Crippen molar-refractivity contribution in [2.75, 3.05) is 18.1 Å². The number of amides is 2. The molecule has 0 spiro atoms. The maximum absolute atomic E-state index is 13.1. The molecule has 2 amide bonds. The van der Waals surface area contributed by atoms with Crippen molar-refractivity contribution in [2.24, 2.45) is 5.16 Å². The van der Waals surface area contributed by atoms with Gasteiger partial charge in [0.05, 0.1) is 6.20 Å². The van der Waals surface area contributed by atoms with Crippen molar-refractivity contribution in [3.05, 3.63) is 59.1 Å². The summed E-state index contributed by atoms with van der Waals surface area (Å²) in [7, 11) is 0. The van der Waals surface area contributed by atoms with Crippen LogP contribution < -0.4 is 15.6 Å². The molecule has 5 rings (SSSR count). The lowest BCUT2D eigenvalue weighted by Gasteiger charge is -2.49. The average molecular weight is 539 g/mol. The summed E-state index contributed by atoms with van der Waals surface area (Å²) in [5.41, 5.74) is 7.06. The van der Waals surface area contributed by atoms with Crippen LogP contribution in [-0.4, -0.2) is 66.7 Å². The zero-order valence-corrected chi connectivity index (χ0v) is 20.7. The zero-order valence-electron chi connectivity index (χ0n) is 19.1. The number of carboxylic acid groups (broad SMARTS) is 1. The van der Waals surface area contributed by atoms with Crippen LogP contribution in [0.15, 0.2) is 58.6 Å². The lowest BCUT2D eigenvalue weighted by atomic mass is 10.0. The molecule has 0 radical (unpaired) electrons. The van der Waals surface area contributed by atoms with Crippen LogP contribution in [-0.2, 0) is 25.8 Å². The standard InChI is InChI=1S/C23H19N7O5S2/c1-2-9-35-27-16(14-12-37-23(24)25-14)19(31)26-17-20(32)30-18(22(33)34)13(11-36-21(17)30)10-29-8-7-28-6-4-3-5-15(28)29/h1,3-8,12,17,21H,9-11H2,(H3-,24,25,26,31,33,34)/p+1/b27-16-/t17-,21-/m1/s1. The maximum Gasteiger partial charge on any atom is 0.352 e. The smallest absolute Gasteiger partial charge is 0.352 e. The Kier molecular flexibility index (Phi) is 6.55. The molecular weight excluding hydrogens is 518 g/mol. The predicted molar refractivity (Wildman–Crippen MR) is 135 cm³/mol. The fourth-order valence-corrected chi connectivity index (χ4v) is 6.02. The van der Waals surface area contributed by atoms with Crippen LogP contribution in [0, 0.1) is 12.3 Å². The highest BCUT2D eigenvalue weighted by atomic mass is 32.2. The molecule has 0 bridgehead atoms. The Morgan fingerprint density at radius 1 is 1.41 bits per heavy atom. The van der Waals surface area contributed by atoms with Crippen molar-refractivity contribution in [3.63, 3.8) is 0 Å². The number of hydrogen-bond acceptors (Lipinski definition) is 9. The van der Waals surface area contributed by atoms with Gasteiger partial charge in [0, 0.05) is 22.8 Å². The van der Waals surface area contributed by atoms with Crippen molar-refractivity contribution in [3.8, 4) is 12.3 Å². The summed E-state index contributed by atoms with van der Waals surface area (Å²) in [6.07, 6.45) is 10.8. The SMILES string of the molecule is C#CCO/N=C(\C(=O)N[C@@H]1C(=O)N2C(C(=O)O)=C(C[n+]3ccn4ccccc43)CS[C@H]12)c1csc(N)n1. The third kappa shape index (κ3) is 4.50. The number of carboxylic acids is 1. The number of nitrogen functional groups attached to an aromatic ring is 1. The van der Waals surface area contributed by atoms with Crippen LogP contribution in [0.1, 0.15) is 5.69 Å². The topological polar surface area (TPSA) is 156 Å². The fourth-order valence-electron chi connectivity index (χ4n) is 4.13. The van der Waals surface area contributed by atoms with Crippen LogP contribution in [0.25, 0.3) is 5.65 Å². The Morgan fingerprint density at radius 3 is 2.97 bits per heavy atom. The number of nitrogens with zero attached hydrogens (tertiary/aromatic N) is 5. The highest BCUT2D eigenvalue weighted by Crippen LogP contribution is 2.40. The molecule has 12 nitrogen and oxygen atoms in total. The molecule has 5 heterocycles. The van der Waals surface area contributed by atoms with Gasteiger partial charge in [-0.2, -0.15) is 0 Å². The molecule has 0 unspecified atom stereocenters. The number of hydrogen-bond donors (Lipinski definition) is 3. The summed E-state index contributed by atoms with van der Waals surface area (Å²) in [5, 5.41) is 17.5. The summed E-state index contributed by atoms with van der Waals surface area (Å²) in [5.74, 6) is 0.153. The number of thiazole rings is 1. The number of carbonyl (C=O) groups is 3. The van der Waals surface area contributed by atoms with Gasteiger partial charge in [-0.15, -0.1) is 29.5 Å². The van der Waals surface area contributed by atoms with Gasteiger partial charge in [0.15, 0.2) is 17.5 Å². The molecule has 1 saturated heterocycles. The van der Waals surface area contributed by atoms with E-state index in [9.17, 15) is 19.5 Å². The summed E-state index contributed by atoms with van der Waals surface area (Å²) in [6, 6.07) is 4.76. The number of anilines is 1. The van der Waals surface area contributed by atoms with Crippen LogP contribution in [0.4, 0.5) is 5.13 Å². The second-order valence-corrected chi connectivity index (χ2v) is 9.99. The predicted octanol–water partition coefficient (Wildman–Crippen LogP) is 0.0582. The van der Waals surface area contributed by atoms with E-state index in [0.29, 0.717) is 17.9 Å². The molecule has 2 aliphatic heterocycles. The Morgan fingerprint density at radius 2 is 2.24 bits per heavy atom. The van der Waals surface area contributed by atoms with Crippen molar-refractivity contribution in [2.45, 2.75) is 18.0 Å². The first-order chi connectivity index (χ1) is 17.9. The van der Waals surface area contributed by atoms with E-state index in [1.165, 1.54) is 22.0 Å². The number of aromatic nitrogens is 3. The van der Waals surface area contributed by atoms with E-state index >= 15 is 0 Å². The van der Waals surface area contributed by atoms with Gasteiger partial charge < -0.3 is 21.0 Å². The van der Waals surface area contributed by atoms with E-state index in [2.05, 4.69) is 21.4 Å². The summed E-state index contributed by atoms with van der Waals surface area (Å²) in [6.45, 7) is 0.132. The Labute approximate surface area is 218 Å². The Balaban J connectivity index is 1.36. The molecule has 37 heavy (non-hydrogen) atoms. The van der Waals surface area contributed by atoms with Gasteiger partial charge in [0.1, 0.15) is 41.7 Å². The zero-order chi connectivity index (χ0) is 26.1. The molecule has 3 aromatic rings. The van der Waals surface area contributed by atoms with Gasteiger partial charge >= 0.3 is 5.97 Å². The number of pyridine rings is 1. The number of nitrogens with two attached hydrogens (primary N) is 1. The summed E-state index contributed by atoms with van der Waals surface area (Å²) in [4.78, 5) is 48.6. The van der Waals surface area contributed by atoms with E-state index in [1.54, 1.807) is 0 Å². The molecule has 0 aliphatic carbocycles. The highest BCUT2D eigenvalue weighted by Gasteiger charge is 2.54. The number of terminal acetylenes is 1. The molecule has 3 aromatic heterocycles. The van der Waals surface area contributed by atoms with E-state index in [-0.39, 0.29) is 28.8 Å². The summed E-state index contributed by atoms with van der Waals surface area (Å²) < 4.78 is 3.84. The molecule has 0 saturated carbocycles. The van der Waals surface area contributed by atoms with Gasteiger partial charge in [-0.3, -0.25) is 14.5 Å². The van der Waals surface area contributed by atoms with Crippen molar-refractivity contribution in [1.82, 2.24) is 19.6 Å². The number of oxime groups is 1. The lowest BCUT2D eigenvalue weighted by molar-refractivity contribution is -0.662. The van der Waals surface area contributed by atoms with Gasteiger partial charge in [0.2, 0.25) is 0 Å². The van der Waals surface area contributed by atoms with E-state index < -0.39 is 29.2 Å². The molecule has 188 valence electrons. The number of nitrogens with one attached hydrogen (secondary N) is 1. The lowest BCUT2D eigenvalue weighted by Crippen LogP contribution is -2.71. The first kappa shape index (κ1) is 24.3. The fraction of sp³-hybridized carbons (Fsp3) is 0.217. The highest BCUT2D eigenvalue weighted by molar-refractivity contribution is 8.00. The minimum absolute atomic E-state index is 0.0689. The van der Waals surface area contributed by atoms with Crippen LogP contribution in [0.3, 0.4) is 0 Å². The number of imidazole rings is 1. The molecule has 2 atom stereocenters. The third-order valence-electron chi connectivity index (χ3n) is 5.75. The van der Waals surface area contributed by atoms with E-state index in [1.807, 2.05) is 45.8 Å². The second-order valence-electron chi connectivity index (χ2n) is 8.00. The first-order valence-corrected chi connectivity index (χ1v) is 12.8. The number of aliphatic carboxylic acids is 1. The number of carbonyl (C=O) groups excluding carboxylic acids is 2. The largest absolute Gasteiger partial charge is 0.477 e. The van der Waals surface area contributed by atoms with E-state index in [4.69, 9.17) is 17.0 Å². The minimum atomic E-state index is -1.20. The number of thioether (sulfide) groups is 1. The number of β-lactam (4-membered cyclic amide) rings is 1. The Hall–Kier alpha value is -4.35. The Bertz CT molecular complexity index is 1520. The number of rotatable bonds is 8. The molecule has 2 aliphatic rings. The van der Waals surface area contributed by atoms with Crippen molar-refractivity contribution < 1.29 is 28.9 Å². The summed E-state index contributed by atoms with van der Waals surface area (Å²) >= 11 is 2.48. The van der Waals surface area contributed by atoms with E-state index in [0.717, 1.165) is 17.0 Å². The van der Waals surface area contributed by atoms with Gasteiger partial charge in [-0.25, -0.2) is 18.7 Å². The molecule has 14 heteroatoms. The van der Waals surface area contributed by atoms with Gasteiger partial charge in [-0.05, 0) is 6.07 Å². The minimum Gasteiger partial charge on any atom is -0.477 e. The molecule has 0 aromatic carbocycles. The maximum atomic E-state index is 13.1. The quantitative estimate of drug-likeness (QED) is 0.0908. The third-order valence-corrected chi connectivity index (χ3v) is 7.76. The normalized spacial score (nSPS) is 19.3. The first-order valence-electron chi connectivity index (χ1n) is 10.9. The van der Waals surface area contributed by atoms with Crippen LogP contribution >= 0.6 is 23.1 Å². The number of fused-ring (bicyclic) bond motifs is 2. The average Bonchev–Trinajstić information content (AvgIpc) is 3.50. The van der Waals surface area contributed by atoms with Crippen molar-refractivity contribution >= 4 is 57.4 Å². The van der Waals surface area contributed by atoms with Crippen LogP contribution in [0.5, 0.6) is 0 Å².